The highest BCUT2D eigenvalue weighted by molar-refractivity contribution is 5.80. The Labute approximate surface area is 155 Å². The van der Waals surface area contributed by atoms with Crippen LogP contribution in [0.15, 0.2) is 30.3 Å². The number of carbonyl (C=O) groups is 2. The molecule has 2 aliphatic rings. The minimum atomic E-state index is -0.325. The first kappa shape index (κ1) is 18.7. The van der Waals surface area contributed by atoms with Gasteiger partial charge in [-0.3, -0.25) is 14.5 Å². The van der Waals surface area contributed by atoms with Gasteiger partial charge in [0.15, 0.2) is 0 Å². The van der Waals surface area contributed by atoms with Crippen molar-refractivity contribution in [1.82, 2.24) is 9.80 Å². The van der Waals surface area contributed by atoms with Gasteiger partial charge in [0.05, 0.1) is 19.1 Å². The van der Waals surface area contributed by atoms with Crippen LogP contribution in [-0.2, 0) is 9.59 Å². The van der Waals surface area contributed by atoms with Crippen LogP contribution >= 0.6 is 0 Å². The predicted molar refractivity (Wildman–Crippen MR) is 99.6 cm³/mol. The van der Waals surface area contributed by atoms with Crippen molar-refractivity contribution in [2.45, 2.75) is 25.7 Å². The third-order valence-corrected chi connectivity index (χ3v) is 5.29. The van der Waals surface area contributed by atoms with Gasteiger partial charge in [0.25, 0.3) is 0 Å². The lowest BCUT2D eigenvalue weighted by Gasteiger charge is -2.38. The number of carbonyl (C=O) groups excluding carboxylic acids is 2. The zero-order valence-electron chi connectivity index (χ0n) is 15.3. The summed E-state index contributed by atoms with van der Waals surface area (Å²) in [6, 6.07) is 9.82. The lowest BCUT2D eigenvalue weighted by atomic mass is 9.93. The molecule has 0 aliphatic carbocycles. The number of nitrogens with two attached hydrogens (primary N) is 1. The summed E-state index contributed by atoms with van der Waals surface area (Å²) in [4.78, 5) is 28.1. The number of benzene rings is 1. The van der Waals surface area contributed by atoms with Crippen LogP contribution in [0.5, 0.6) is 5.75 Å². The first-order valence-electron chi connectivity index (χ1n) is 9.59. The largest absolute Gasteiger partial charge is 0.493 e. The van der Waals surface area contributed by atoms with Crippen LogP contribution in [0.2, 0.25) is 0 Å². The number of para-hydroxylation sites is 1. The average Bonchev–Trinajstić information content (AvgIpc) is 2.66. The molecule has 6 heteroatoms. The summed E-state index contributed by atoms with van der Waals surface area (Å²) in [5, 5.41) is 0. The molecule has 1 aromatic rings. The van der Waals surface area contributed by atoms with Crippen molar-refractivity contribution in [3.8, 4) is 5.75 Å². The molecule has 2 atom stereocenters. The summed E-state index contributed by atoms with van der Waals surface area (Å²) >= 11 is 0. The second kappa shape index (κ2) is 9.03. The standard InChI is InChI=1S/C20H29N3O3/c21-19(24)14-22-10-5-7-17(13-22)20(25)23-11-4-6-16(12-23)15-26-18-8-2-1-3-9-18/h1-3,8-9,16-17H,4-7,10-15H2,(H2,21,24). The second-order valence-corrected chi connectivity index (χ2v) is 7.46. The van der Waals surface area contributed by atoms with Crippen LogP contribution in [0.1, 0.15) is 25.7 Å². The topological polar surface area (TPSA) is 75.9 Å². The predicted octanol–water partition coefficient (Wildman–Crippen LogP) is 1.50. The van der Waals surface area contributed by atoms with Gasteiger partial charge >= 0.3 is 0 Å². The Morgan fingerprint density at radius 3 is 2.62 bits per heavy atom. The molecule has 0 radical (unpaired) electrons. The van der Waals surface area contributed by atoms with Crippen molar-refractivity contribution >= 4 is 11.8 Å². The van der Waals surface area contributed by atoms with E-state index in [1.807, 2.05) is 40.1 Å². The summed E-state index contributed by atoms with van der Waals surface area (Å²) in [5.41, 5.74) is 5.30. The molecular weight excluding hydrogens is 330 g/mol. The summed E-state index contributed by atoms with van der Waals surface area (Å²) in [5.74, 6) is 1.14. The van der Waals surface area contributed by atoms with E-state index in [4.69, 9.17) is 10.5 Å². The van der Waals surface area contributed by atoms with Gasteiger partial charge in [0, 0.05) is 25.6 Å². The number of amides is 2. The quantitative estimate of drug-likeness (QED) is 0.835. The number of ether oxygens (including phenoxy) is 1. The molecule has 1 aromatic carbocycles. The van der Waals surface area contributed by atoms with Crippen LogP contribution in [0.4, 0.5) is 0 Å². The van der Waals surface area contributed by atoms with Gasteiger partial charge in [-0.25, -0.2) is 0 Å². The van der Waals surface area contributed by atoms with E-state index in [1.54, 1.807) is 0 Å². The van der Waals surface area contributed by atoms with Crippen LogP contribution in [-0.4, -0.2) is 60.9 Å². The van der Waals surface area contributed by atoms with E-state index in [9.17, 15) is 9.59 Å². The van der Waals surface area contributed by atoms with Gasteiger partial charge < -0.3 is 15.4 Å². The van der Waals surface area contributed by atoms with Crippen molar-refractivity contribution < 1.29 is 14.3 Å². The molecule has 2 fully saturated rings. The van der Waals surface area contributed by atoms with Crippen LogP contribution in [0.25, 0.3) is 0 Å². The maximum absolute atomic E-state index is 12.9. The van der Waals surface area contributed by atoms with E-state index >= 15 is 0 Å². The Morgan fingerprint density at radius 1 is 1.08 bits per heavy atom. The molecule has 2 N–H and O–H groups in total. The number of piperidine rings is 2. The van der Waals surface area contributed by atoms with Crippen molar-refractivity contribution in [1.29, 1.82) is 0 Å². The minimum Gasteiger partial charge on any atom is -0.493 e. The molecule has 0 bridgehead atoms. The highest BCUT2D eigenvalue weighted by Crippen LogP contribution is 2.24. The molecule has 0 saturated carbocycles. The SMILES string of the molecule is NC(=O)CN1CCCC(C(=O)N2CCCC(COc3ccccc3)C2)C1. The molecule has 2 saturated heterocycles. The second-order valence-electron chi connectivity index (χ2n) is 7.46. The maximum atomic E-state index is 12.9. The van der Waals surface area contributed by atoms with Crippen molar-refractivity contribution in [3.05, 3.63) is 30.3 Å². The van der Waals surface area contributed by atoms with Crippen LogP contribution < -0.4 is 10.5 Å². The highest BCUT2D eigenvalue weighted by atomic mass is 16.5. The molecule has 2 unspecified atom stereocenters. The number of hydrogen-bond acceptors (Lipinski definition) is 4. The monoisotopic (exact) mass is 359 g/mol. The molecule has 0 aromatic heterocycles. The molecule has 142 valence electrons. The van der Waals surface area contributed by atoms with Gasteiger partial charge in [-0.2, -0.15) is 0 Å². The summed E-state index contributed by atoms with van der Waals surface area (Å²) in [6.45, 7) is 3.97. The van der Waals surface area contributed by atoms with E-state index in [1.165, 1.54) is 0 Å². The minimum absolute atomic E-state index is 0.0168. The molecule has 2 amide bonds. The average molecular weight is 359 g/mol. The Morgan fingerprint density at radius 2 is 1.85 bits per heavy atom. The van der Waals surface area contributed by atoms with Gasteiger partial charge in [0.1, 0.15) is 5.75 Å². The van der Waals surface area contributed by atoms with Gasteiger partial charge in [-0.15, -0.1) is 0 Å². The van der Waals surface area contributed by atoms with Crippen molar-refractivity contribution in [2.75, 3.05) is 39.3 Å². The molecular formula is C20H29N3O3. The molecule has 6 nitrogen and oxygen atoms in total. The molecule has 3 rings (SSSR count). The fourth-order valence-corrected chi connectivity index (χ4v) is 4.01. The Balaban J connectivity index is 1.50. The van der Waals surface area contributed by atoms with Gasteiger partial charge in [-0.1, -0.05) is 18.2 Å². The van der Waals surface area contributed by atoms with E-state index in [2.05, 4.69) is 0 Å². The number of nitrogens with zero attached hydrogens (tertiary/aromatic N) is 2. The fourth-order valence-electron chi connectivity index (χ4n) is 4.01. The van der Waals surface area contributed by atoms with Crippen LogP contribution in [0, 0.1) is 11.8 Å². The fraction of sp³-hybridized carbons (Fsp3) is 0.600. The molecule has 26 heavy (non-hydrogen) atoms. The number of hydrogen-bond donors (Lipinski definition) is 1. The number of primary amides is 1. The third-order valence-electron chi connectivity index (χ3n) is 5.29. The zero-order valence-corrected chi connectivity index (χ0v) is 15.3. The molecule has 2 heterocycles. The smallest absolute Gasteiger partial charge is 0.231 e. The Hall–Kier alpha value is -2.08. The lowest BCUT2D eigenvalue weighted by molar-refractivity contribution is -0.140. The van der Waals surface area contributed by atoms with Gasteiger partial charge in [-0.05, 0) is 44.4 Å². The first-order chi connectivity index (χ1) is 12.6. The zero-order chi connectivity index (χ0) is 18.4. The summed E-state index contributed by atoms with van der Waals surface area (Å²) in [7, 11) is 0. The van der Waals surface area contributed by atoms with Gasteiger partial charge in [0.2, 0.25) is 11.8 Å². The third kappa shape index (κ3) is 5.21. The first-order valence-corrected chi connectivity index (χ1v) is 9.59. The summed E-state index contributed by atoms with van der Waals surface area (Å²) < 4.78 is 5.88. The van der Waals surface area contributed by atoms with E-state index in [0.29, 0.717) is 19.1 Å². The van der Waals surface area contributed by atoms with E-state index < -0.39 is 0 Å². The van der Waals surface area contributed by atoms with E-state index in [-0.39, 0.29) is 24.3 Å². The van der Waals surface area contributed by atoms with E-state index in [0.717, 1.165) is 51.1 Å². The Kier molecular flexibility index (Phi) is 6.50. The number of likely N-dealkylation sites (tertiary alicyclic amines) is 2. The number of rotatable bonds is 6. The Bertz CT molecular complexity index is 608. The normalized spacial score (nSPS) is 24.2. The molecule has 0 spiro atoms. The maximum Gasteiger partial charge on any atom is 0.231 e. The highest BCUT2D eigenvalue weighted by Gasteiger charge is 2.32. The van der Waals surface area contributed by atoms with Crippen molar-refractivity contribution in [2.24, 2.45) is 17.6 Å². The molecule has 2 aliphatic heterocycles. The van der Waals surface area contributed by atoms with Crippen LogP contribution in [0.3, 0.4) is 0 Å². The lowest BCUT2D eigenvalue weighted by Crippen LogP contribution is -2.49. The summed E-state index contributed by atoms with van der Waals surface area (Å²) in [6.07, 6.45) is 3.95. The van der Waals surface area contributed by atoms with Crippen molar-refractivity contribution in [3.63, 3.8) is 0 Å².